The summed E-state index contributed by atoms with van der Waals surface area (Å²) >= 11 is 1.98. The molecule has 0 saturated heterocycles. The Morgan fingerprint density at radius 1 is 1.28 bits per heavy atom. The van der Waals surface area contributed by atoms with E-state index in [-0.39, 0.29) is 0 Å². The molecular formula is C15H24N2S. The molecule has 0 fully saturated rings. The van der Waals surface area contributed by atoms with Crippen molar-refractivity contribution in [2.24, 2.45) is 0 Å². The fourth-order valence-corrected chi connectivity index (χ4v) is 3.65. The van der Waals surface area contributed by atoms with Crippen molar-refractivity contribution >= 4 is 11.8 Å². The van der Waals surface area contributed by atoms with Crippen LogP contribution < -0.4 is 5.32 Å². The van der Waals surface area contributed by atoms with Gasteiger partial charge in [-0.05, 0) is 44.2 Å². The molecule has 1 aromatic rings. The van der Waals surface area contributed by atoms with E-state index in [1.165, 1.54) is 42.3 Å². The summed E-state index contributed by atoms with van der Waals surface area (Å²) in [6.07, 6.45) is 1.24. The smallest absolute Gasteiger partial charge is 0.0426 e. The number of hydrogen-bond acceptors (Lipinski definition) is 3. The predicted molar refractivity (Wildman–Crippen MR) is 80.3 cm³/mol. The summed E-state index contributed by atoms with van der Waals surface area (Å²) in [6, 6.07) is 9.33. The van der Waals surface area contributed by atoms with Crippen molar-refractivity contribution in [3.8, 4) is 0 Å². The van der Waals surface area contributed by atoms with Crippen LogP contribution in [-0.2, 0) is 0 Å². The van der Waals surface area contributed by atoms with E-state index in [0.717, 1.165) is 6.54 Å². The van der Waals surface area contributed by atoms with E-state index in [9.17, 15) is 0 Å². The van der Waals surface area contributed by atoms with Gasteiger partial charge in [0.1, 0.15) is 0 Å². The maximum absolute atomic E-state index is 3.69. The molecule has 0 saturated carbocycles. The van der Waals surface area contributed by atoms with Crippen LogP contribution >= 0.6 is 11.8 Å². The SMILES string of the molecule is CCN(CC)CCCNC1CSc2ccccc21. The standard InChI is InChI=1S/C15H24N2S/c1-3-17(4-2)11-7-10-16-14-12-18-15-9-6-5-8-13(14)15/h5-6,8-9,14,16H,3-4,7,10-12H2,1-2H3. The van der Waals surface area contributed by atoms with E-state index in [1.807, 2.05) is 11.8 Å². The molecule has 18 heavy (non-hydrogen) atoms. The molecule has 0 radical (unpaired) electrons. The van der Waals surface area contributed by atoms with E-state index in [0.29, 0.717) is 6.04 Å². The molecule has 1 aliphatic rings. The van der Waals surface area contributed by atoms with E-state index in [2.05, 4.69) is 48.3 Å². The Kier molecular flexibility index (Phi) is 5.54. The Balaban J connectivity index is 1.72. The highest BCUT2D eigenvalue weighted by Crippen LogP contribution is 2.37. The van der Waals surface area contributed by atoms with Gasteiger partial charge in [0.15, 0.2) is 0 Å². The number of hydrogen-bond donors (Lipinski definition) is 1. The number of rotatable bonds is 7. The highest BCUT2D eigenvalue weighted by atomic mass is 32.2. The van der Waals surface area contributed by atoms with Gasteiger partial charge in [-0.2, -0.15) is 0 Å². The number of nitrogens with one attached hydrogen (secondary N) is 1. The lowest BCUT2D eigenvalue weighted by atomic mass is 10.1. The molecule has 1 N–H and O–H groups in total. The fraction of sp³-hybridized carbons (Fsp3) is 0.600. The molecule has 1 aliphatic heterocycles. The molecule has 3 heteroatoms. The highest BCUT2D eigenvalue weighted by Gasteiger charge is 2.21. The average molecular weight is 264 g/mol. The van der Waals surface area contributed by atoms with Crippen molar-refractivity contribution in [1.82, 2.24) is 10.2 Å². The van der Waals surface area contributed by atoms with E-state index >= 15 is 0 Å². The summed E-state index contributed by atoms with van der Waals surface area (Å²) in [4.78, 5) is 3.94. The molecular weight excluding hydrogens is 240 g/mol. The second kappa shape index (κ2) is 7.17. The molecule has 0 amide bonds. The van der Waals surface area contributed by atoms with Crippen LogP contribution in [0.3, 0.4) is 0 Å². The first-order valence-electron chi connectivity index (χ1n) is 7.02. The molecule has 100 valence electrons. The van der Waals surface area contributed by atoms with Crippen LogP contribution in [0.5, 0.6) is 0 Å². The van der Waals surface area contributed by atoms with Crippen LogP contribution in [0.25, 0.3) is 0 Å². The van der Waals surface area contributed by atoms with Gasteiger partial charge in [-0.25, -0.2) is 0 Å². The van der Waals surface area contributed by atoms with Crippen molar-refractivity contribution in [2.75, 3.05) is 31.9 Å². The maximum atomic E-state index is 3.69. The van der Waals surface area contributed by atoms with Gasteiger partial charge in [0, 0.05) is 16.7 Å². The van der Waals surface area contributed by atoms with Gasteiger partial charge in [0.25, 0.3) is 0 Å². The molecule has 2 rings (SSSR count). The maximum Gasteiger partial charge on any atom is 0.0426 e. The molecule has 1 unspecified atom stereocenters. The minimum absolute atomic E-state index is 0.558. The minimum Gasteiger partial charge on any atom is -0.309 e. The number of nitrogens with zero attached hydrogens (tertiary/aromatic N) is 1. The van der Waals surface area contributed by atoms with Gasteiger partial charge in [0.2, 0.25) is 0 Å². The fourth-order valence-electron chi connectivity index (χ4n) is 2.45. The van der Waals surface area contributed by atoms with Crippen LogP contribution in [0, 0.1) is 0 Å². The zero-order valence-corrected chi connectivity index (χ0v) is 12.3. The molecule has 0 spiro atoms. The third kappa shape index (κ3) is 3.50. The third-order valence-electron chi connectivity index (χ3n) is 3.64. The van der Waals surface area contributed by atoms with E-state index in [1.54, 1.807) is 0 Å². The van der Waals surface area contributed by atoms with Gasteiger partial charge in [-0.15, -0.1) is 11.8 Å². The minimum atomic E-state index is 0.558. The van der Waals surface area contributed by atoms with Crippen molar-refractivity contribution in [3.05, 3.63) is 29.8 Å². The number of thioether (sulfide) groups is 1. The molecule has 1 aromatic carbocycles. The normalized spacial score (nSPS) is 18.3. The van der Waals surface area contributed by atoms with Gasteiger partial charge >= 0.3 is 0 Å². The third-order valence-corrected chi connectivity index (χ3v) is 4.82. The van der Waals surface area contributed by atoms with Crippen LogP contribution in [0.2, 0.25) is 0 Å². The van der Waals surface area contributed by atoms with Crippen LogP contribution in [0.15, 0.2) is 29.2 Å². The monoisotopic (exact) mass is 264 g/mol. The Labute approximate surface area is 115 Å². The Bertz CT molecular complexity index is 363. The van der Waals surface area contributed by atoms with Crippen molar-refractivity contribution < 1.29 is 0 Å². The molecule has 0 bridgehead atoms. The molecule has 2 nitrogen and oxygen atoms in total. The topological polar surface area (TPSA) is 15.3 Å². The number of fused-ring (bicyclic) bond motifs is 1. The second-order valence-electron chi connectivity index (χ2n) is 4.74. The Hall–Kier alpha value is -0.510. The first-order chi connectivity index (χ1) is 8.85. The van der Waals surface area contributed by atoms with Crippen LogP contribution in [0.4, 0.5) is 0 Å². The van der Waals surface area contributed by atoms with E-state index in [4.69, 9.17) is 0 Å². The quantitative estimate of drug-likeness (QED) is 0.762. The Morgan fingerprint density at radius 2 is 2.06 bits per heavy atom. The molecule has 0 aliphatic carbocycles. The second-order valence-corrected chi connectivity index (χ2v) is 5.80. The van der Waals surface area contributed by atoms with Crippen molar-refractivity contribution in [1.29, 1.82) is 0 Å². The van der Waals surface area contributed by atoms with Gasteiger partial charge in [-0.1, -0.05) is 32.0 Å². The number of benzene rings is 1. The largest absolute Gasteiger partial charge is 0.309 e. The molecule has 0 aromatic heterocycles. The zero-order chi connectivity index (χ0) is 12.8. The molecule has 1 atom stereocenters. The average Bonchev–Trinajstić information content (AvgIpc) is 2.82. The summed E-state index contributed by atoms with van der Waals surface area (Å²) in [7, 11) is 0. The summed E-state index contributed by atoms with van der Waals surface area (Å²) in [5, 5.41) is 3.69. The van der Waals surface area contributed by atoms with Crippen LogP contribution in [-0.4, -0.2) is 36.8 Å². The van der Waals surface area contributed by atoms with Gasteiger partial charge < -0.3 is 10.2 Å². The summed E-state index contributed by atoms with van der Waals surface area (Å²) in [6.45, 7) is 9.14. The molecule has 1 heterocycles. The lowest BCUT2D eigenvalue weighted by Gasteiger charge is -2.19. The zero-order valence-electron chi connectivity index (χ0n) is 11.5. The first-order valence-corrected chi connectivity index (χ1v) is 8.01. The van der Waals surface area contributed by atoms with Gasteiger partial charge in [-0.3, -0.25) is 0 Å². The summed E-state index contributed by atoms with van der Waals surface area (Å²) < 4.78 is 0. The lowest BCUT2D eigenvalue weighted by molar-refractivity contribution is 0.296. The van der Waals surface area contributed by atoms with Crippen molar-refractivity contribution in [2.45, 2.75) is 31.2 Å². The van der Waals surface area contributed by atoms with E-state index < -0.39 is 0 Å². The van der Waals surface area contributed by atoms with Gasteiger partial charge in [0.05, 0.1) is 0 Å². The van der Waals surface area contributed by atoms with Crippen molar-refractivity contribution in [3.63, 3.8) is 0 Å². The highest BCUT2D eigenvalue weighted by molar-refractivity contribution is 7.99. The predicted octanol–water partition coefficient (Wildman–Crippen LogP) is 3.15. The van der Waals surface area contributed by atoms with Crippen LogP contribution in [0.1, 0.15) is 31.9 Å². The summed E-state index contributed by atoms with van der Waals surface area (Å²) in [5.41, 5.74) is 1.49. The first kappa shape index (κ1) is 13.9. The Morgan fingerprint density at radius 3 is 2.83 bits per heavy atom. The summed E-state index contributed by atoms with van der Waals surface area (Å²) in [5.74, 6) is 1.19. The lowest BCUT2D eigenvalue weighted by Crippen LogP contribution is -2.28.